The van der Waals surface area contributed by atoms with Gasteiger partial charge in [0, 0.05) is 13.0 Å². The number of aliphatic hydroxyl groups excluding tert-OH is 1. The molecule has 0 radical (unpaired) electrons. The van der Waals surface area contributed by atoms with E-state index in [1.807, 2.05) is 0 Å². The Hall–Kier alpha value is -1.79. The molecule has 0 aromatic heterocycles. The number of hydrogen-bond acceptors (Lipinski definition) is 6. The number of carbonyl (C=O) groups is 1. The summed E-state index contributed by atoms with van der Waals surface area (Å²) in [5.74, 6) is -1.06. The molecule has 0 aliphatic heterocycles. The van der Waals surface area contributed by atoms with E-state index in [4.69, 9.17) is 15.6 Å². The van der Waals surface area contributed by atoms with Crippen LogP contribution in [0.25, 0.3) is 0 Å². The molecule has 0 aliphatic carbocycles. The number of esters is 1. The quantitative estimate of drug-likeness (QED) is 0.451. The van der Waals surface area contributed by atoms with Crippen LogP contribution in [0.3, 0.4) is 0 Å². The maximum Gasteiger partial charge on any atom is 0.323 e. The third-order valence-corrected chi connectivity index (χ3v) is 2.89. The van der Waals surface area contributed by atoms with Crippen LogP contribution in [-0.2, 0) is 16.0 Å². The fourth-order valence-corrected chi connectivity index (χ4v) is 1.70. The zero-order valence-electron chi connectivity index (χ0n) is 11.7. The summed E-state index contributed by atoms with van der Waals surface area (Å²) in [6, 6.07) is 3.37. The van der Waals surface area contributed by atoms with Crippen LogP contribution in [0.1, 0.15) is 25.8 Å². The van der Waals surface area contributed by atoms with Gasteiger partial charge in [0.25, 0.3) is 0 Å². The molecule has 6 nitrogen and oxygen atoms in total. The molecule has 6 heteroatoms. The van der Waals surface area contributed by atoms with E-state index in [9.17, 15) is 15.0 Å². The van der Waals surface area contributed by atoms with Crippen LogP contribution in [-0.4, -0.2) is 39.5 Å². The zero-order chi connectivity index (χ0) is 15.3. The molecule has 0 aliphatic rings. The number of rotatable bonds is 6. The van der Waals surface area contributed by atoms with Crippen molar-refractivity contribution in [2.45, 2.75) is 38.3 Å². The molecule has 5 N–H and O–H groups in total. The van der Waals surface area contributed by atoms with Gasteiger partial charge in [-0.15, -0.1) is 0 Å². The van der Waals surface area contributed by atoms with Crippen molar-refractivity contribution in [1.82, 2.24) is 0 Å². The van der Waals surface area contributed by atoms with Crippen LogP contribution < -0.4 is 5.73 Å². The monoisotopic (exact) mass is 283 g/mol. The summed E-state index contributed by atoms with van der Waals surface area (Å²) in [5.41, 5.74) is 5.60. The number of nitrogens with two attached hydrogens (primary N) is 1. The Morgan fingerprint density at radius 1 is 1.35 bits per heavy atom. The van der Waals surface area contributed by atoms with E-state index in [-0.39, 0.29) is 24.5 Å². The van der Waals surface area contributed by atoms with E-state index in [1.54, 1.807) is 19.9 Å². The molecule has 0 saturated carbocycles. The summed E-state index contributed by atoms with van der Waals surface area (Å²) in [5, 5.41) is 27.4. The van der Waals surface area contributed by atoms with E-state index < -0.39 is 17.6 Å². The highest BCUT2D eigenvalue weighted by molar-refractivity contribution is 5.76. The lowest BCUT2D eigenvalue weighted by Crippen LogP contribution is -2.40. The molecule has 1 aromatic carbocycles. The number of carbonyl (C=O) groups excluding carboxylic acids is 1. The molecule has 0 bridgehead atoms. The van der Waals surface area contributed by atoms with Crippen LogP contribution in [0.15, 0.2) is 18.2 Å². The summed E-state index contributed by atoms with van der Waals surface area (Å²) in [7, 11) is 0. The fourth-order valence-electron chi connectivity index (χ4n) is 1.70. The molecule has 0 heterocycles. The van der Waals surface area contributed by atoms with Crippen LogP contribution >= 0.6 is 0 Å². The molecule has 0 fully saturated rings. The Kier molecular flexibility index (Phi) is 5.35. The highest BCUT2D eigenvalue weighted by atomic mass is 16.6. The summed E-state index contributed by atoms with van der Waals surface area (Å²) in [4.78, 5) is 11.8. The average molecular weight is 283 g/mol. The maximum absolute atomic E-state index is 11.8. The van der Waals surface area contributed by atoms with E-state index in [1.165, 1.54) is 12.1 Å². The minimum Gasteiger partial charge on any atom is -0.504 e. The van der Waals surface area contributed by atoms with E-state index in [0.717, 1.165) is 0 Å². The van der Waals surface area contributed by atoms with E-state index in [0.29, 0.717) is 12.0 Å². The molecular formula is C14H21NO5. The highest BCUT2D eigenvalue weighted by Gasteiger charge is 2.26. The van der Waals surface area contributed by atoms with Gasteiger partial charge in [-0.2, -0.15) is 0 Å². The Morgan fingerprint density at radius 2 is 2.00 bits per heavy atom. The fraction of sp³-hybridized carbons (Fsp3) is 0.500. The third-order valence-electron chi connectivity index (χ3n) is 2.89. The molecular weight excluding hydrogens is 262 g/mol. The molecule has 1 rings (SSSR count). The lowest BCUT2D eigenvalue weighted by Gasteiger charge is -2.26. The Labute approximate surface area is 117 Å². The molecule has 0 saturated heterocycles. The number of phenolic OH excluding ortho intramolecular Hbond substituents is 2. The van der Waals surface area contributed by atoms with Gasteiger partial charge in [0.15, 0.2) is 11.5 Å². The number of aliphatic hydroxyl groups is 1. The van der Waals surface area contributed by atoms with Crippen molar-refractivity contribution in [1.29, 1.82) is 0 Å². The molecule has 20 heavy (non-hydrogen) atoms. The first kappa shape index (κ1) is 16.3. The minimum atomic E-state index is -0.878. The van der Waals surface area contributed by atoms with Crippen molar-refractivity contribution in [2.24, 2.45) is 5.73 Å². The number of aromatic hydroxyl groups is 2. The first-order valence-electron chi connectivity index (χ1n) is 6.35. The summed E-state index contributed by atoms with van der Waals surface area (Å²) < 4.78 is 5.23. The topological polar surface area (TPSA) is 113 Å². The van der Waals surface area contributed by atoms with Crippen LogP contribution in [0, 0.1) is 0 Å². The molecule has 0 spiro atoms. The van der Waals surface area contributed by atoms with Crippen LogP contribution in [0.5, 0.6) is 11.5 Å². The Morgan fingerprint density at radius 3 is 2.55 bits per heavy atom. The van der Waals surface area contributed by atoms with Crippen LogP contribution in [0.2, 0.25) is 0 Å². The Balaban J connectivity index is 2.63. The first-order valence-corrected chi connectivity index (χ1v) is 6.35. The van der Waals surface area contributed by atoms with Gasteiger partial charge < -0.3 is 25.8 Å². The van der Waals surface area contributed by atoms with Gasteiger partial charge in [-0.05, 0) is 38.0 Å². The second-order valence-electron chi connectivity index (χ2n) is 5.29. The first-order chi connectivity index (χ1) is 9.25. The number of phenols is 2. The molecule has 1 atom stereocenters. The summed E-state index contributed by atoms with van der Waals surface area (Å²) in [6.07, 6.45) is 0.507. The number of benzene rings is 1. The average Bonchev–Trinajstić information content (AvgIpc) is 2.33. The molecule has 0 unspecified atom stereocenters. The third kappa shape index (κ3) is 4.71. The van der Waals surface area contributed by atoms with Gasteiger partial charge in [0.05, 0.1) is 0 Å². The van der Waals surface area contributed by atoms with Crippen molar-refractivity contribution < 1.29 is 24.9 Å². The second-order valence-corrected chi connectivity index (χ2v) is 5.29. The number of ether oxygens (including phenoxy) is 1. The van der Waals surface area contributed by atoms with Gasteiger partial charge in [-0.1, -0.05) is 6.07 Å². The number of hydrogen-bond donors (Lipinski definition) is 4. The molecule has 112 valence electrons. The summed E-state index contributed by atoms with van der Waals surface area (Å²) in [6.45, 7) is 3.31. The van der Waals surface area contributed by atoms with Crippen molar-refractivity contribution >= 4 is 5.97 Å². The summed E-state index contributed by atoms with van der Waals surface area (Å²) >= 11 is 0. The van der Waals surface area contributed by atoms with Crippen molar-refractivity contribution in [2.75, 3.05) is 6.61 Å². The highest BCUT2D eigenvalue weighted by Crippen LogP contribution is 2.25. The molecule has 0 amide bonds. The lowest BCUT2D eigenvalue weighted by atomic mass is 10.0. The standard InChI is InChI=1S/C14H21NO5/c1-14(2,5-6-16)20-13(19)10(15)7-9-3-4-11(17)12(18)8-9/h3-4,8,10,16-18H,5-7,15H2,1-2H3/t10-/m1/s1. The largest absolute Gasteiger partial charge is 0.504 e. The van der Waals surface area contributed by atoms with Gasteiger partial charge in [0.2, 0.25) is 0 Å². The Bertz CT molecular complexity index is 473. The predicted octanol–water partition coefficient (Wildman–Crippen LogP) is 0.672. The van der Waals surface area contributed by atoms with E-state index in [2.05, 4.69) is 0 Å². The van der Waals surface area contributed by atoms with Gasteiger partial charge in [0.1, 0.15) is 11.6 Å². The van der Waals surface area contributed by atoms with Crippen molar-refractivity contribution in [3.63, 3.8) is 0 Å². The maximum atomic E-state index is 11.8. The minimum absolute atomic E-state index is 0.0820. The zero-order valence-corrected chi connectivity index (χ0v) is 11.7. The smallest absolute Gasteiger partial charge is 0.323 e. The van der Waals surface area contributed by atoms with Crippen molar-refractivity contribution in [3.05, 3.63) is 23.8 Å². The van der Waals surface area contributed by atoms with Gasteiger partial charge >= 0.3 is 5.97 Å². The normalized spacial score (nSPS) is 13.0. The van der Waals surface area contributed by atoms with Gasteiger partial charge in [-0.3, -0.25) is 4.79 Å². The lowest BCUT2D eigenvalue weighted by molar-refractivity contribution is -0.159. The second kappa shape index (κ2) is 6.58. The van der Waals surface area contributed by atoms with Crippen LogP contribution in [0.4, 0.5) is 0 Å². The van der Waals surface area contributed by atoms with Crippen molar-refractivity contribution in [3.8, 4) is 11.5 Å². The predicted molar refractivity (Wildman–Crippen MR) is 73.3 cm³/mol. The molecule has 1 aromatic rings. The van der Waals surface area contributed by atoms with Gasteiger partial charge in [-0.25, -0.2) is 0 Å². The van der Waals surface area contributed by atoms with E-state index >= 15 is 0 Å². The SMILES string of the molecule is CC(C)(CCO)OC(=O)[C@H](N)Cc1ccc(O)c(O)c1.